The van der Waals surface area contributed by atoms with Crippen molar-refractivity contribution in [3.8, 4) is 0 Å². The fourth-order valence-electron chi connectivity index (χ4n) is 3.13. The molecule has 1 heterocycles. The minimum absolute atomic E-state index is 0.117. The number of carbonyl (C=O) groups excluding carboxylic acids is 1. The maximum absolute atomic E-state index is 12.8. The molecule has 0 spiro atoms. The summed E-state index contributed by atoms with van der Waals surface area (Å²) in [6.07, 6.45) is 2.49. The topological polar surface area (TPSA) is 79.4 Å². The van der Waals surface area contributed by atoms with Crippen LogP contribution in [0.3, 0.4) is 0 Å². The first kappa shape index (κ1) is 22.1. The predicted octanol–water partition coefficient (Wildman–Crippen LogP) is 4.33. The van der Waals surface area contributed by atoms with Crippen LogP contribution < -0.4 is 5.32 Å². The first-order valence-electron chi connectivity index (χ1n) is 9.76. The molecule has 0 radical (unpaired) electrons. The maximum Gasteiger partial charge on any atom is 0.257 e. The molecule has 0 aliphatic rings. The van der Waals surface area contributed by atoms with Crippen LogP contribution in [0.25, 0.3) is 0 Å². The molecule has 1 N–H and O–H groups in total. The van der Waals surface area contributed by atoms with Crippen molar-refractivity contribution >= 4 is 32.4 Å². The number of carbonyl (C=O) groups is 1. The highest BCUT2D eigenvalue weighted by Gasteiger charge is 2.23. The van der Waals surface area contributed by atoms with Gasteiger partial charge in [0.1, 0.15) is 0 Å². The number of sulfonamides is 1. The standard InChI is InChI=1S/C22H25N3O3S2/c1-4-25(5-2)30(27,28)19-12-11-16(3)20(14-19)21(26)24-22-23-15-18(29-22)13-17-9-7-6-8-10-17/h6-12,14-15H,4-5,13H2,1-3H3,(H,23,24,26). The monoisotopic (exact) mass is 443 g/mol. The maximum atomic E-state index is 12.8. The summed E-state index contributed by atoms with van der Waals surface area (Å²) in [5.74, 6) is -0.371. The minimum Gasteiger partial charge on any atom is -0.298 e. The third kappa shape index (κ3) is 4.95. The van der Waals surface area contributed by atoms with Crippen LogP contribution in [0, 0.1) is 6.92 Å². The first-order chi connectivity index (χ1) is 14.3. The molecule has 0 saturated carbocycles. The number of hydrogen-bond acceptors (Lipinski definition) is 5. The minimum atomic E-state index is -3.64. The average Bonchev–Trinajstić information content (AvgIpc) is 3.16. The van der Waals surface area contributed by atoms with Gasteiger partial charge in [0.05, 0.1) is 4.90 Å². The van der Waals surface area contributed by atoms with E-state index in [1.807, 2.05) is 30.3 Å². The van der Waals surface area contributed by atoms with Gasteiger partial charge >= 0.3 is 0 Å². The average molecular weight is 444 g/mol. The van der Waals surface area contributed by atoms with Crippen LogP contribution in [-0.2, 0) is 16.4 Å². The number of nitrogens with zero attached hydrogens (tertiary/aromatic N) is 2. The van der Waals surface area contributed by atoms with Crippen LogP contribution in [0.15, 0.2) is 59.6 Å². The van der Waals surface area contributed by atoms with E-state index in [4.69, 9.17) is 0 Å². The van der Waals surface area contributed by atoms with Crippen LogP contribution in [0.5, 0.6) is 0 Å². The fraction of sp³-hybridized carbons (Fsp3) is 0.273. The van der Waals surface area contributed by atoms with Crippen molar-refractivity contribution in [1.29, 1.82) is 0 Å². The van der Waals surface area contributed by atoms with Crippen LogP contribution in [0.1, 0.15) is 40.2 Å². The van der Waals surface area contributed by atoms with Crippen molar-refractivity contribution in [2.45, 2.75) is 32.1 Å². The second kappa shape index (κ2) is 9.51. The van der Waals surface area contributed by atoms with E-state index in [0.717, 1.165) is 11.3 Å². The van der Waals surface area contributed by atoms with Crippen molar-refractivity contribution in [3.63, 3.8) is 0 Å². The number of benzene rings is 2. The Labute approximate surface area is 181 Å². The third-order valence-corrected chi connectivity index (χ3v) is 7.75. The zero-order chi connectivity index (χ0) is 21.7. The molecule has 1 aromatic heterocycles. The molecule has 0 fully saturated rings. The van der Waals surface area contributed by atoms with Crippen molar-refractivity contribution in [3.05, 3.63) is 76.3 Å². The van der Waals surface area contributed by atoms with Crippen molar-refractivity contribution in [2.75, 3.05) is 18.4 Å². The molecule has 0 unspecified atom stereocenters. The van der Waals surface area contributed by atoms with Gasteiger partial charge in [-0.1, -0.05) is 50.2 Å². The Bertz CT molecular complexity index is 1120. The van der Waals surface area contributed by atoms with Gasteiger partial charge in [-0.2, -0.15) is 4.31 Å². The molecule has 1 amide bonds. The molecule has 0 atom stereocenters. The molecule has 0 saturated heterocycles. The van der Waals surface area contributed by atoms with Crippen LogP contribution in [0.4, 0.5) is 5.13 Å². The summed E-state index contributed by atoms with van der Waals surface area (Å²) in [5, 5.41) is 3.29. The lowest BCUT2D eigenvalue weighted by atomic mass is 10.1. The second-order valence-electron chi connectivity index (χ2n) is 6.81. The summed E-state index contributed by atoms with van der Waals surface area (Å²) in [4.78, 5) is 18.3. The van der Waals surface area contributed by atoms with Crippen molar-refractivity contribution < 1.29 is 13.2 Å². The van der Waals surface area contributed by atoms with Gasteiger partial charge in [0.25, 0.3) is 5.91 Å². The molecular weight excluding hydrogens is 418 g/mol. The molecule has 8 heteroatoms. The van der Waals surface area contributed by atoms with Gasteiger partial charge in [-0.25, -0.2) is 13.4 Å². The molecule has 3 rings (SSSR count). The Hall–Kier alpha value is -2.55. The summed E-state index contributed by atoms with van der Waals surface area (Å²) < 4.78 is 27.0. The quantitative estimate of drug-likeness (QED) is 0.562. The predicted molar refractivity (Wildman–Crippen MR) is 121 cm³/mol. The zero-order valence-corrected chi connectivity index (χ0v) is 18.9. The Morgan fingerprint density at radius 2 is 1.80 bits per heavy atom. The number of aromatic nitrogens is 1. The Balaban J connectivity index is 1.79. The molecule has 3 aromatic rings. The second-order valence-corrected chi connectivity index (χ2v) is 9.87. The van der Waals surface area contributed by atoms with E-state index in [2.05, 4.69) is 10.3 Å². The van der Waals surface area contributed by atoms with E-state index >= 15 is 0 Å². The summed E-state index contributed by atoms with van der Waals surface area (Å²) in [6, 6.07) is 14.7. The molecule has 0 bridgehead atoms. The van der Waals surface area contributed by atoms with Crippen molar-refractivity contribution in [2.24, 2.45) is 0 Å². The summed E-state index contributed by atoms with van der Waals surface area (Å²) in [7, 11) is -3.64. The SMILES string of the molecule is CCN(CC)S(=O)(=O)c1ccc(C)c(C(=O)Nc2ncc(Cc3ccccc3)s2)c1. The Morgan fingerprint density at radius 3 is 2.47 bits per heavy atom. The van der Waals surface area contributed by atoms with Gasteiger partial charge in [-0.3, -0.25) is 10.1 Å². The molecule has 30 heavy (non-hydrogen) atoms. The molecule has 6 nitrogen and oxygen atoms in total. The highest BCUT2D eigenvalue weighted by molar-refractivity contribution is 7.89. The van der Waals surface area contributed by atoms with Gasteiger partial charge in [0, 0.05) is 36.1 Å². The van der Waals surface area contributed by atoms with E-state index < -0.39 is 10.0 Å². The number of thiazole rings is 1. The third-order valence-electron chi connectivity index (χ3n) is 4.79. The van der Waals surface area contributed by atoms with Gasteiger partial charge in [0.2, 0.25) is 10.0 Å². The molecular formula is C22H25N3O3S2. The van der Waals surface area contributed by atoms with E-state index in [-0.39, 0.29) is 10.8 Å². The number of hydrogen-bond donors (Lipinski definition) is 1. The van der Waals surface area contributed by atoms with E-state index in [0.29, 0.717) is 29.3 Å². The number of aryl methyl sites for hydroxylation is 1. The highest BCUT2D eigenvalue weighted by Crippen LogP contribution is 2.24. The lowest BCUT2D eigenvalue weighted by Crippen LogP contribution is -2.30. The smallest absolute Gasteiger partial charge is 0.257 e. The molecule has 0 aliphatic heterocycles. The largest absolute Gasteiger partial charge is 0.298 e. The zero-order valence-electron chi connectivity index (χ0n) is 17.3. The lowest BCUT2D eigenvalue weighted by molar-refractivity contribution is 0.102. The lowest BCUT2D eigenvalue weighted by Gasteiger charge is -2.19. The summed E-state index contributed by atoms with van der Waals surface area (Å²) in [5.41, 5.74) is 2.19. The van der Waals surface area contributed by atoms with Crippen LogP contribution in [0.2, 0.25) is 0 Å². The van der Waals surface area contributed by atoms with Crippen LogP contribution >= 0.6 is 11.3 Å². The van der Waals surface area contributed by atoms with Crippen LogP contribution in [-0.4, -0.2) is 36.7 Å². The number of rotatable bonds is 8. The molecule has 2 aromatic carbocycles. The van der Waals surface area contributed by atoms with Crippen molar-refractivity contribution in [1.82, 2.24) is 9.29 Å². The molecule has 158 valence electrons. The van der Waals surface area contributed by atoms with Gasteiger partial charge in [0.15, 0.2) is 5.13 Å². The summed E-state index contributed by atoms with van der Waals surface area (Å²) in [6.45, 7) is 6.11. The van der Waals surface area contributed by atoms with Gasteiger partial charge in [-0.05, 0) is 30.2 Å². The normalized spacial score (nSPS) is 11.6. The van der Waals surface area contributed by atoms with E-state index in [1.54, 1.807) is 39.1 Å². The number of nitrogens with one attached hydrogen (secondary N) is 1. The van der Waals surface area contributed by atoms with Gasteiger partial charge in [-0.15, -0.1) is 11.3 Å². The van der Waals surface area contributed by atoms with Gasteiger partial charge < -0.3 is 0 Å². The first-order valence-corrected chi connectivity index (χ1v) is 12.0. The Kier molecular flexibility index (Phi) is 7.02. The number of anilines is 1. The summed E-state index contributed by atoms with van der Waals surface area (Å²) >= 11 is 1.41. The Morgan fingerprint density at radius 1 is 1.10 bits per heavy atom. The highest BCUT2D eigenvalue weighted by atomic mass is 32.2. The van der Waals surface area contributed by atoms with E-state index in [1.165, 1.54) is 27.3 Å². The molecule has 0 aliphatic carbocycles. The fourth-order valence-corrected chi connectivity index (χ4v) is 5.45. The number of amides is 1. The van der Waals surface area contributed by atoms with E-state index in [9.17, 15) is 13.2 Å².